The molecule has 1 aromatic carbocycles. The van der Waals surface area contributed by atoms with E-state index in [1.54, 1.807) is 18.4 Å². The van der Waals surface area contributed by atoms with Gasteiger partial charge in [-0.05, 0) is 62.9 Å². The van der Waals surface area contributed by atoms with Gasteiger partial charge in [-0.25, -0.2) is 9.98 Å². The monoisotopic (exact) mass is 443 g/mol. The second-order valence-electron chi connectivity index (χ2n) is 8.50. The molecule has 0 radical (unpaired) electrons. The third kappa shape index (κ3) is 6.43. The van der Waals surface area contributed by atoms with Gasteiger partial charge in [-0.3, -0.25) is 4.90 Å². The van der Waals surface area contributed by atoms with E-state index in [-0.39, 0.29) is 0 Å². The number of methoxy groups -OCH3 is 1. The Morgan fingerprint density at radius 1 is 1.29 bits per heavy atom. The lowest BCUT2D eigenvalue weighted by Gasteiger charge is -2.40. The van der Waals surface area contributed by atoms with Crippen LogP contribution >= 0.6 is 11.3 Å². The molecule has 0 bridgehead atoms. The summed E-state index contributed by atoms with van der Waals surface area (Å²) in [5, 5.41) is 10.2. The average molecular weight is 444 g/mol. The summed E-state index contributed by atoms with van der Waals surface area (Å²) in [6.07, 6.45) is 2.43. The minimum absolute atomic E-state index is 0.391. The highest BCUT2D eigenvalue weighted by Gasteiger charge is 2.30. The van der Waals surface area contributed by atoms with Gasteiger partial charge in [-0.1, -0.05) is 26.0 Å². The molecular weight excluding hydrogens is 406 g/mol. The van der Waals surface area contributed by atoms with Gasteiger partial charge in [0, 0.05) is 24.5 Å². The summed E-state index contributed by atoms with van der Waals surface area (Å²) in [4.78, 5) is 12.0. The maximum absolute atomic E-state index is 5.34. The molecule has 0 aliphatic carbocycles. The summed E-state index contributed by atoms with van der Waals surface area (Å²) in [6, 6.07) is 8.92. The van der Waals surface area contributed by atoms with Crippen molar-refractivity contribution in [3.8, 4) is 5.75 Å². The van der Waals surface area contributed by atoms with Crippen molar-refractivity contribution in [1.82, 2.24) is 20.5 Å². The van der Waals surface area contributed by atoms with Crippen LogP contribution in [0, 0.1) is 5.92 Å². The SMILES string of the molecule is CCNC(=NCc1nc(C(C)C)cs1)NCC1CCCN(C)C1c1ccc(OC)cc1. The normalized spacial score (nSPS) is 20.1. The molecule has 0 amide bonds. The minimum atomic E-state index is 0.391. The van der Waals surface area contributed by atoms with Crippen LogP contribution in [0.2, 0.25) is 0 Å². The topological polar surface area (TPSA) is 61.8 Å². The molecule has 1 aromatic heterocycles. The smallest absolute Gasteiger partial charge is 0.191 e. The van der Waals surface area contributed by atoms with E-state index in [9.17, 15) is 0 Å². The Bertz CT molecular complexity index is 833. The van der Waals surface area contributed by atoms with Crippen molar-refractivity contribution in [2.45, 2.75) is 52.1 Å². The quantitative estimate of drug-likeness (QED) is 0.467. The molecule has 0 spiro atoms. The summed E-state index contributed by atoms with van der Waals surface area (Å²) in [7, 11) is 3.94. The lowest BCUT2D eigenvalue weighted by Crippen LogP contribution is -2.45. The second kappa shape index (κ2) is 11.5. The summed E-state index contributed by atoms with van der Waals surface area (Å²) in [6.45, 7) is 9.92. The van der Waals surface area contributed by atoms with Gasteiger partial charge in [-0.2, -0.15) is 0 Å². The minimum Gasteiger partial charge on any atom is -0.497 e. The first kappa shape index (κ1) is 23.5. The number of thiazole rings is 1. The summed E-state index contributed by atoms with van der Waals surface area (Å²) in [5.74, 6) is 2.74. The van der Waals surface area contributed by atoms with Crippen molar-refractivity contribution >= 4 is 17.3 Å². The number of benzene rings is 1. The number of aliphatic imine (C=N–C) groups is 1. The highest BCUT2D eigenvalue weighted by Crippen LogP contribution is 2.35. The Labute approximate surface area is 191 Å². The van der Waals surface area contributed by atoms with Gasteiger partial charge in [0.25, 0.3) is 0 Å². The third-order valence-corrected chi connectivity index (χ3v) is 6.73. The molecule has 31 heavy (non-hydrogen) atoms. The fraction of sp³-hybridized carbons (Fsp3) is 0.583. The lowest BCUT2D eigenvalue weighted by molar-refractivity contribution is 0.122. The van der Waals surface area contributed by atoms with Gasteiger partial charge in [-0.15, -0.1) is 11.3 Å². The van der Waals surface area contributed by atoms with E-state index in [0.29, 0.717) is 24.4 Å². The van der Waals surface area contributed by atoms with Crippen LogP contribution in [0.5, 0.6) is 5.75 Å². The molecule has 0 saturated carbocycles. The van der Waals surface area contributed by atoms with Gasteiger partial charge in [0.1, 0.15) is 10.8 Å². The van der Waals surface area contributed by atoms with E-state index < -0.39 is 0 Å². The van der Waals surface area contributed by atoms with Crippen molar-refractivity contribution in [1.29, 1.82) is 0 Å². The van der Waals surface area contributed by atoms with Crippen LogP contribution in [0.15, 0.2) is 34.6 Å². The standard InChI is InChI=1S/C24H37N5OS/c1-6-25-24(27-15-22-28-21(16-31-22)17(2)3)26-14-19-8-7-13-29(4)23(19)18-9-11-20(30-5)12-10-18/h9-12,16-17,19,23H,6-8,13-15H2,1-5H3,(H2,25,26,27). The molecule has 1 fully saturated rings. The van der Waals surface area contributed by atoms with Crippen LogP contribution < -0.4 is 15.4 Å². The van der Waals surface area contributed by atoms with E-state index >= 15 is 0 Å². The van der Waals surface area contributed by atoms with E-state index in [4.69, 9.17) is 14.7 Å². The highest BCUT2D eigenvalue weighted by atomic mass is 32.1. The second-order valence-corrected chi connectivity index (χ2v) is 9.44. The molecule has 1 aliphatic rings. The zero-order valence-corrected chi connectivity index (χ0v) is 20.3. The molecule has 2 aromatic rings. The van der Waals surface area contributed by atoms with Gasteiger partial charge < -0.3 is 15.4 Å². The van der Waals surface area contributed by atoms with Crippen molar-refractivity contribution in [3.05, 3.63) is 45.9 Å². The molecule has 170 valence electrons. The Kier molecular flexibility index (Phi) is 8.72. The molecule has 6 nitrogen and oxygen atoms in total. The van der Waals surface area contributed by atoms with Gasteiger partial charge in [0.15, 0.2) is 5.96 Å². The molecule has 1 aliphatic heterocycles. The number of nitrogens with zero attached hydrogens (tertiary/aromatic N) is 3. The van der Waals surface area contributed by atoms with Crippen molar-refractivity contribution in [2.75, 3.05) is 33.8 Å². The van der Waals surface area contributed by atoms with Crippen molar-refractivity contribution in [2.24, 2.45) is 10.9 Å². The van der Waals surface area contributed by atoms with Gasteiger partial charge in [0.2, 0.25) is 0 Å². The predicted molar refractivity (Wildman–Crippen MR) is 130 cm³/mol. The number of guanidine groups is 1. The maximum Gasteiger partial charge on any atom is 0.191 e. The van der Waals surface area contributed by atoms with Gasteiger partial charge in [0.05, 0.1) is 19.3 Å². The molecular formula is C24H37N5OS. The predicted octanol–water partition coefficient (Wildman–Crippen LogP) is 4.41. The van der Waals surface area contributed by atoms with Crippen LogP contribution in [0.4, 0.5) is 0 Å². The van der Waals surface area contributed by atoms with Crippen LogP contribution in [0.1, 0.15) is 61.8 Å². The first-order valence-corrected chi connectivity index (χ1v) is 12.2. The molecule has 2 atom stereocenters. The fourth-order valence-corrected chi connectivity index (χ4v) is 5.06. The van der Waals surface area contributed by atoms with Crippen molar-refractivity contribution in [3.63, 3.8) is 0 Å². The Balaban J connectivity index is 1.66. The van der Waals surface area contributed by atoms with E-state index in [1.165, 1.54) is 18.4 Å². The molecule has 1 saturated heterocycles. The first-order chi connectivity index (χ1) is 15.0. The number of piperidine rings is 1. The average Bonchev–Trinajstić information content (AvgIpc) is 3.25. The Morgan fingerprint density at radius 3 is 2.71 bits per heavy atom. The van der Waals surface area contributed by atoms with E-state index in [1.807, 2.05) is 0 Å². The lowest BCUT2D eigenvalue weighted by atomic mass is 9.85. The molecule has 3 rings (SSSR count). The van der Waals surface area contributed by atoms with Crippen LogP contribution in [-0.2, 0) is 6.54 Å². The summed E-state index contributed by atoms with van der Waals surface area (Å²) in [5.41, 5.74) is 2.50. The fourth-order valence-electron chi connectivity index (χ4n) is 4.18. The molecule has 7 heteroatoms. The molecule has 2 unspecified atom stereocenters. The zero-order chi connectivity index (χ0) is 22.2. The number of ether oxygens (including phenoxy) is 1. The number of nitrogens with one attached hydrogen (secondary N) is 2. The highest BCUT2D eigenvalue weighted by molar-refractivity contribution is 7.09. The number of aromatic nitrogens is 1. The third-order valence-electron chi connectivity index (χ3n) is 5.87. The number of hydrogen-bond donors (Lipinski definition) is 2. The number of rotatable bonds is 8. The Morgan fingerprint density at radius 2 is 2.06 bits per heavy atom. The molecule has 2 heterocycles. The largest absolute Gasteiger partial charge is 0.497 e. The van der Waals surface area contributed by atoms with Gasteiger partial charge >= 0.3 is 0 Å². The van der Waals surface area contributed by atoms with Crippen LogP contribution in [-0.4, -0.2) is 49.6 Å². The zero-order valence-electron chi connectivity index (χ0n) is 19.5. The Hall–Kier alpha value is -2.12. The van der Waals surface area contributed by atoms with Crippen LogP contribution in [0.25, 0.3) is 0 Å². The van der Waals surface area contributed by atoms with E-state index in [2.05, 4.69) is 73.0 Å². The molecule has 2 N–H and O–H groups in total. The van der Waals surface area contributed by atoms with Crippen LogP contribution in [0.3, 0.4) is 0 Å². The number of hydrogen-bond acceptors (Lipinski definition) is 5. The summed E-state index contributed by atoms with van der Waals surface area (Å²) >= 11 is 1.69. The summed E-state index contributed by atoms with van der Waals surface area (Å²) < 4.78 is 5.34. The van der Waals surface area contributed by atoms with Crippen molar-refractivity contribution < 1.29 is 4.74 Å². The maximum atomic E-state index is 5.34. The first-order valence-electron chi connectivity index (χ1n) is 11.3. The van der Waals surface area contributed by atoms with E-state index in [0.717, 1.165) is 42.0 Å². The number of likely N-dealkylation sites (tertiary alicyclic amines) is 1.